The molecule has 0 amide bonds. The van der Waals surface area contributed by atoms with Crippen molar-refractivity contribution in [2.75, 3.05) is 39.9 Å². The predicted molar refractivity (Wildman–Crippen MR) is 114 cm³/mol. The van der Waals surface area contributed by atoms with Crippen LogP contribution in [-0.4, -0.2) is 53.2 Å². The monoisotopic (exact) mass is 418 g/mol. The molecule has 158 valence electrons. The van der Waals surface area contributed by atoms with Crippen molar-refractivity contribution in [3.05, 3.63) is 65.7 Å². The van der Waals surface area contributed by atoms with E-state index in [9.17, 15) is 8.42 Å². The van der Waals surface area contributed by atoms with Gasteiger partial charge in [-0.1, -0.05) is 42.5 Å². The number of methoxy groups -OCH3 is 1. The summed E-state index contributed by atoms with van der Waals surface area (Å²) in [6, 6.07) is 17.4. The van der Waals surface area contributed by atoms with Crippen molar-refractivity contribution in [1.82, 2.24) is 9.62 Å². The fraction of sp³-hybridized carbons (Fsp3) is 0.455. The molecule has 0 bridgehead atoms. The minimum atomic E-state index is -3.33. The largest absolute Gasteiger partial charge is 0.497 e. The summed E-state index contributed by atoms with van der Waals surface area (Å²) in [5.74, 6) is 0.705. The Bertz CT molecular complexity index is 841. The molecule has 6 nitrogen and oxygen atoms in total. The number of rotatable bonds is 10. The lowest BCUT2D eigenvalue weighted by atomic mass is 10.1. The van der Waals surface area contributed by atoms with Gasteiger partial charge in [0.25, 0.3) is 0 Å². The quantitative estimate of drug-likeness (QED) is 0.601. The summed E-state index contributed by atoms with van der Waals surface area (Å²) in [5, 5.41) is 0. The number of benzene rings is 2. The van der Waals surface area contributed by atoms with E-state index in [-0.39, 0.29) is 11.9 Å². The van der Waals surface area contributed by atoms with Crippen LogP contribution in [0.5, 0.6) is 5.75 Å². The van der Waals surface area contributed by atoms with Crippen molar-refractivity contribution < 1.29 is 17.9 Å². The van der Waals surface area contributed by atoms with Gasteiger partial charge < -0.3 is 9.47 Å². The average Bonchev–Trinajstić information content (AvgIpc) is 2.74. The molecule has 0 radical (unpaired) electrons. The van der Waals surface area contributed by atoms with Crippen LogP contribution in [0.1, 0.15) is 30.1 Å². The summed E-state index contributed by atoms with van der Waals surface area (Å²) in [6.45, 7) is 3.95. The Labute approximate surface area is 173 Å². The van der Waals surface area contributed by atoms with E-state index in [1.165, 1.54) is 5.56 Å². The van der Waals surface area contributed by atoms with Gasteiger partial charge in [0.2, 0.25) is 10.0 Å². The van der Waals surface area contributed by atoms with E-state index in [2.05, 4.69) is 21.8 Å². The molecule has 1 aliphatic heterocycles. The van der Waals surface area contributed by atoms with Gasteiger partial charge in [0.1, 0.15) is 5.75 Å². The first kappa shape index (κ1) is 21.8. The van der Waals surface area contributed by atoms with Gasteiger partial charge >= 0.3 is 0 Å². The highest BCUT2D eigenvalue weighted by Crippen LogP contribution is 2.22. The molecule has 0 aromatic heterocycles. The van der Waals surface area contributed by atoms with Gasteiger partial charge in [-0.25, -0.2) is 13.1 Å². The van der Waals surface area contributed by atoms with Crippen molar-refractivity contribution >= 4 is 10.0 Å². The first-order valence-corrected chi connectivity index (χ1v) is 11.7. The molecule has 3 rings (SSSR count). The second kappa shape index (κ2) is 10.7. The molecule has 1 fully saturated rings. The topological polar surface area (TPSA) is 67.9 Å². The summed E-state index contributed by atoms with van der Waals surface area (Å²) in [4.78, 5) is 2.40. The van der Waals surface area contributed by atoms with Crippen molar-refractivity contribution in [3.8, 4) is 5.75 Å². The van der Waals surface area contributed by atoms with Crippen LogP contribution in [0.15, 0.2) is 54.6 Å². The Morgan fingerprint density at radius 3 is 2.59 bits per heavy atom. The standard InChI is InChI=1S/C22H30N2O4S/c1-27-21-11-9-19(10-12-21)18-29(25,26)23-13-5-6-14-24-15-16-28-22(17-24)20-7-3-2-4-8-20/h2-4,7-12,22-23H,5-6,13-18H2,1H3. The number of morpholine rings is 1. The molecule has 1 aliphatic rings. The van der Waals surface area contributed by atoms with Crippen LogP contribution in [0.25, 0.3) is 0 Å². The van der Waals surface area contributed by atoms with E-state index < -0.39 is 10.0 Å². The van der Waals surface area contributed by atoms with Gasteiger partial charge in [-0.3, -0.25) is 4.90 Å². The predicted octanol–water partition coefficient (Wildman–Crippen LogP) is 2.97. The lowest BCUT2D eigenvalue weighted by Gasteiger charge is -2.33. The molecular formula is C22H30N2O4S. The minimum Gasteiger partial charge on any atom is -0.497 e. The Balaban J connectivity index is 1.35. The average molecular weight is 419 g/mol. The van der Waals surface area contributed by atoms with Crippen LogP contribution in [0.3, 0.4) is 0 Å². The van der Waals surface area contributed by atoms with E-state index >= 15 is 0 Å². The molecule has 7 heteroatoms. The Hall–Kier alpha value is -1.93. The molecule has 1 saturated heterocycles. The van der Waals surface area contributed by atoms with E-state index in [1.807, 2.05) is 18.2 Å². The van der Waals surface area contributed by atoms with Crippen LogP contribution >= 0.6 is 0 Å². The molecular weight excluding hydrogens is 388 g/mol. The SMILES string of the molecule is COc1ccc(CS(=O)(=O)NCCCCN2CCOC(c3ccccc3)C2)cc1. The number of hydrogen-bond acceptors (Lipinski definition) is 5. The van der Waals surface area contributed by atoms with Gasteiger partial charge in [0, 0.05) is 19.6 Å². The molecule has 1 heterocycles. The van der Waals surface area contributed by atoms with Crippen molar-refractivity contribution in [1.29, 1.82) is 0 Å². The van der Waals surface area contributed by atoms with E-state index in [1.54, 1.807) is 31.4 Å². The molecule has 0 aliphatic carbocycles. The van der Waals surface area contributed by atoms with Gasteiger partial charge in [0.05, 0.1) is 25.6 Å². The number of ether oxygens (including phenoxy) is 2. The zero-order chi connectivity index (χ0) is 20.5. The highest BCUT2D eigenvalue weighted by atomic mass is 32.2. The maximum Gasteiger partial charge on any atom is 0.215 e. The Morgan fingerprint density at radius 1 is 1.10 bits per heavy atom. The smallest absolute Gasteiger partial charge is 0.215 e. The minimum absolute atomic E-state index is 0.0147. The summed E-state index contributed by atoms with van der Waals surface area (Å²) in [6.07, 6.45) is 1.88. The Morgan fingerprint density at radius 2 is 1.86 bits per heavy atom. The fourth-order valence-electron chi connectivity index (χ4n) is 3.46. The van der Waals surface area contributed by atoms with Gasteiger partial charge in [0.15, 0.2) is 0 Å². The van der Waals surface area contributed by atoms with Crippen molar-refractivity contribution in [2.24, 2.45) is 0 Å². The summed E-state index contributed by atoms with van der Waals surface area (Å²) in [5.41, 5.74) is 1.96. The number of hydrogen-bond donors (Lipinski definition) is 1. The third-order valence-corrected chi connectivity index (χ3v) is 6.42. The molecule has 1 unspecified atom stereocenters. The fourth-order valence-corrected chi connectivity index (χ4v) is 4.64. The molecule has 1 atom stereocenters. The van der Waals surface area contributed by atoms with Crippen LogP contribution < -0.4 is 9.46 Å². The summed E-state index contributed by atoms with van der Waals surface area (Å²) >= 11 is 0. The molecule has 2 aromatic carbocycles. The number of nitrogens with zero attached hydrogens (tertiary/aromatic N) is 1. The summed E-state index contributed by atoms with van der Waals surface area (Å²) in [7, 11) is -1.74. The highest BCUT2D eigenvalue weighted by molar-refractivity contribution is 7.88. The van der Waals surface area contributed by atoms with Crippen LogP contribution in [0, 0.1) is 0 Å². The molecule has 2 aromatic rings. The van der Waals surface area contributed by atoms with E-state index in [4.69, 9.17) is 9.47 Å². The van der Waals surface area contributed by atoms with Crippen molar-refractivity contribution in [3.63, 3.8) is 0 Å². The van der Waals surface area contributed by atoms with E-state index in [0.717, 1.165) is 50.4 Å². The van der Waals surface area contributed by atoms with Crippen LogP contribution in [0.2, 0.25) is 0 Å². The first-order chi connectivity index (χ1) is 14.1. The molecule has 29 heavy (non-hydrogen) atoms. The zero-order valence-electron chi connectivity index (χ0n) is 16.9. The van der Waals surface area contributed by atoms with Gasteiger partial charge in [-0.15, -0.1) is 0 Å². The number of nitrogens with one attached hydrogen (secondary N) is 1. The third kappa shape index (κ3) is 7.12. The van der Waals surface area contributed by atoms with Gasteiger partial charge in [-0.05, 0) is 42.6 Å². The maximum atomic E-state index is 12.2. The lowest BCUT2D eigenvalue weighted by Crippen LogP contribution is -2.39. The second-order valence-electron chi connectivity index (χ2n) is 7.28. The third-order valence-electron chi connectivity index (χ3n) is 5.06. The van der Waals surface area contributed by atoms with Gasteiger partial charge in [-0.2, -0.15) is 0 Å². The Kier molecular flexibility index (Phi) is 8.06. The normalized spacial score (nSPS) is 17.9. The van der Waals surface area contributed by atoms with Crippen molar-refractivity contribution in [2.45, 2.75) is 24.7 Å². The van der Waals surface area contributed by atoms with E-state index in [0.29, 0.717) is 6.54 Å². The lowest BCUT2D eigenvalue weighted by molar-refractivity contribution is -0.0303. The van der Waals surface area contributed by atoms with Crippen LogP contribution in [0.4, 0.5) is 0 Å². The first-order valence-electron chi connectivity index (χ1n) is 10.0. The second-order valence-corrected chi connectivity index (χ2v) is 9.09. The number of unbranched alkanes of at least 4 members (excludes halogenated alkanes) is 1. The van der Waals surface area contributed by atoms with Crippen LogP contribution in [-0.2, 0) is 20.5 Å². The molecule has 0 saturated carbocycles. The molecule has 0 spiro atoms. The highest BCUT2D eigenvalue weighted by Gasteiger charge is 2.21. The maximum absolute atomic E-state index is 12.2. The zero-order valence-corrected chi connectivity index (χ0v) is 17.7. The number of sulfonamides is 1. The molecule has 1 N–H and O–H groups in total. The summed E-state index contributed by atoms with van der Waals surface area (Å²) < 4.78 is 38.2.